The number of imidazole rings is 1. The molecular weight excluding hydrogens is 136 g/mol. The molecule has 0 radical (unpaired) electrons. The number of aromatic nitrogens is 2. The van der Waals surface area contributed by atoms with Crippen molar-refractivity contribution in [1.29, 1.82) is 0 Å². The molecule has 1 aromatic rings. The molecule has 0 atom stereocenters. The Morgan fingerprint density at radius 1 is 1.73 bits per heavy atom. The molecule has 2 nitrogen and oxygen atoms in total. The van der Waals surface area contributed by atoms with Crippen LogP contribution in [-0.4, -0.2) is 9.55 Å². The summed E-state index contributed by atoms with van der Waals surface area (Å²) in [5.74, 6) is 0. The maximum atomic E-state index is 4.01. The molecule has 2 heteroatoms. The van der Waals surface area contributed by atoms with Crippen LogP contribution in [0.15, 0.2) is 31.3 Å². The summed E-state index contributed by atoms with van der Waals surface area (Å²) in [6, 6.07) is 0. The summed E-state index contributed by atoms with van der Waals surface area (Å²) in [5.41, 5.74) is 2.22. The van der Waals surface area contributed by atoms with Crippen molar-refractivity contribution in [3.05, 3.63) is 36.9 Å². The van der Waals surface area contributed by atoms with Crippen LogP contribution >= 0.6 is 0 Å². The smallest absolute Gasteiger partial charge is 0.0948 e. The van der Waals surface area contributed by atoms with Crippen LogP contribution in [0.3, 0.4) is 0 Å². The molecule has 0 aliphatic rings. The lowest BCUT2D eigenvalue weighted by Crippen LogP contribution is -1.91. The lowest BCUT2D eigenvalue weighted by Gasteiger charge is -2.00. The molecule has 1 aromatic heterocycles. The van der Waals surface area contributed by atoms with Crippen molar-refractivity contribution in [3.63, 3.8) is 0 Å². The van der Waals surface area contributed by atoms with Crippen molar-refractivity contribution in [1.82, 2.24) is 9.55 Å². The van der Waals surface area contributed by atoms with E-state index in [2.05, 4.69) is 11.6 Å². The summed E-state index contributed by atoms with van der Waals surface area (Å²) >= 11 is 0. The predicted molar refractivity (Wildman–Crippen MR) is 47.1 cm³/mol. The quantitative estimate of drug-likeness (QED) is 0.586. The van der Waals surface area contributed by atoms with Gasteiger partial charge in [0, 0.05) is 7.05 Å². The topological polar surface area (TPSA) is 17.8 Å². The molecule has 0 saturated heterocycles. The van der Waals surface area contributed by atoms with Crippen LogP contribution in [0.4, 0.5) is 0 Å². The van der Waals surface area contributed by atoms with Crippen molar-refractivity contribution >= 4 is 5.57 Å². The number of rotatable bonds is 2. The van der Waals surface area contributed by atoms with E-state index in [1.54, 1.807) is 6.33 Å². The van der Waals surface area contributed by atoms with E-state index < -0.39 is 0 Å². The van der Waals surface area contributed by atoms with Crippen LogP contribution in [0.1, 0.15) is 12.6 Å². The number of allylic oxidation sites excluding steroid dienone is 3. The first kappa shape index (κ1) is 7.79. The summed E-state index contributed by atoms with van der Waals surface area (Å²) in [7, 11) is 1.97. The molecule has 0 aliphatic carbocycles. The first-order valence-corrected chi connectivity index (χ1v) is 3.55. The van der Waals surface area contributed by atoms with Crippen LogP contribution in [0.25, 0.3) is 5.57 Å². The molecule has 0 aliphatic heterocycles. The van der Waals surface area contributed by atoms with E-state index in [4.69, 9.17) is 0 Å². The minimum absolute atomic E-state index is 1.10. The highest BCUT2D eigenvalue weighted by Crippen LogP contribution is 2.12. The Kier molecular flexibility index (Phi) is 2.26. The second-order valence-corrected chi connectivity index (χ2v) is 2.34. The Labute approximate surface area is 66.9 Å². The minimum Gasteiger partial charge on any atom is -0.334 e. The van der Waals surface area contributed by atoms with Gasteiger partial charge in [0.25, 0.3) is 0 Å². The molecule has 0 spiro atoms. The Bertz CT molecular complexity index is 282. The van der Waals surface area contributed by atoms with Crippen molar-refractivity contribution in [2.75, 3.05) is 0 Å². The number of hydrogen-bond donors (Lipinski definition) is 0. The molecule has 11 heavy (non-hydrogen) atoms. The summed E-state index contributed by atoms with van der Waals surface area (Å²) in [6.45, 7) is 5.71. The van der Waals surface area contributed by atoms with Crippen LogP contribution in [-0.2, 0) is 7.05 Å². The van der Waals surface area contributed by atoms with E-state index in [0.29, 0.717) is 0 Å². The van der Waals surface area contributed by atoms with Gasteiger partial charge in [-0.05, 0) is 12.5 Å². The van der Waals surface area contributed by atoms with Gasteiger partial charge >= 0.3 is 0 Å². The summed E-state index contributed by atoms with van der Waals surface area (Å²) in [5, 5.41) is 0. The van der Waals surface area contributed by atoms with E-state index in [9.17, 15) is 0 Å². The number of aryl methyl sites for hydroxylation is 1. The highest BCUT2D eigenvalue weighted by atomic mass is 15.0. The molecule has 0 saturated carbocycles. The Hall–Kier alpha value is -1.31. The molecule has 1 rings (SSSR count). The van der Waals surface area contributed by atoms with Gasteiger partial charge in [-0.25, -0.2) is 4.98 Å². The fraction of sp³-hybridized carbons (Fsp3) is 0.222. The molecule has 1 heterocycles. The average Bonchev–Trinajstić information content (AvgIpc) is 2.40. The van der Waals surface area contributed by atoms with Gasteiger partial charge in [-0.3, -0.25) is 0 Å². The van der Waals surface area contributed by atoms with Crippen molar-refractivity contribution < 1.29 is 0 Å². The van der Waals surface area contributed by atoms with E-state index in [1.807, 2.05) is 36.9 Å². The van der Waals surface area contributed by atoms with Gasteiger partial charge in [-0.2, -0.15) is 0 Å². The van der Waals surface area contributed by atoms with Crippen molar-refractivity contribution in [2.24, 2.45) is 7.05 Å². The lowest BCUT2D eigenvalue weighted by atomic mass is 10.2. The molecule has 58 valence electrons. The highest BCUT2D eigenvalue weighted by molar-refractivity contribution is 5.70. The maximum Gasteiger partial charge on any atom is 0.0948 e. The van der Waals surface area contributed by atoms with Gasteiger partial charge in [-0.15, -0.1) is 0 Å². The Morgan fingerprint density at radius 2 is 2.45 bits per heavy atom. The zero-order valence-electron chi connectivity index (χ0n) is 6.91. The third kappa shape index (κ3) is 1.40. The predicted octanol–water partition coefficient (Wildman–Crippen LogP) is 2.01. The van der Waals surface area contributed by atoms with Crippen LogP contribution in [0.5, 0.6) is 0 Å². The standard InChI is InChI=1S/C9H12N2/c1-4-8(5-2)9-6-10-7-11(9)3/h4-7H,1H2,2-3H3/b8-5+. The fourth-order valence-corrected chi connectivity index (χ4v) is 1.01. The van der Waals surface area contributed by atoms with Crippen LogP contribution in [0.2, 0.25) is 0 Å². The lowest BCUT2D eigenvalue weighted by molar-refractivity contribution is 0.898. The third-order valence-electron chi connectivity index (χ3n) is 1.64. The van der Waals surface area contributed by atoms with Crippen molar-refractivity contribution in [2.45, 2.75) is 6.92 Å². The third-order valence-corrected chi connectivity index (χ3v) is 1.64. The second-order valence-electron chi connectivity index (χ2n) is 2.34. The SMILES string of the molecule is C=C/C(=C\C)c1cncn1C. The molecule has 0 bridgehead atoms. The Morgan fingerprint density at radius 3 is 2.82 bits per heavy atom. The summed E-state index contributed by atoms with van der Waals surface area (Å²) < 4.78 is 1.97. The van der Waals surface area contributed by atoms with E-state index in [-0.39, 0.29) is 0 Å². The molecule has 0 unspecified atom stereocenters. The largest absolute Gasteiger partial charge is 0.334 e. The van der Waals surface area contributed by atoms with Crippen LogP contribution in [0, 0.1) is 0 Å². The maximum absolute atomic E-state index is 4.01. The van der Waals surface area contributed by atoms with Gasteiger partial charge in [0.1, 0.15) is 0 Å². The van der Waals surface area contributed by atoms with Gasteiger partial charge in [0.05, 0.1) is 18.2 Å². The molecule has 0 aromatic carbocycles. The Balaban J connectivity index is 3.09. The number of hydrogen-bond acceptors (Lipinski definition) is 1. The average molecular weight is 148 g/mol. The van der Waals surface area contributed by atoms with Gasteiger partial charge < -0.3 is 4.57 Å². The number of nitrogens with zero attached hydrogens (tertiary/aromatic N) is 2. The highest BCUT2D eigenvalue weighted by Gasteiger charge is 1.99. The van der Waals surface area contributed by atoms with E-state index >= 15 is 0 Å². The van der Waals surface area contributed by atoms with Gasteiger partial charge in [0.15, 0.2) is 0 Å². The molecule has 0 N–H and O–H groups in total. The fourth-order valence-electron chi connectivity index (χ4n) is 1.01. The van der Waals surface area contributed by atoms with E-state index in [0.717, 1.165) is 11.3 Å². The molecule has 0 fully saturated rings. The van der Waals surface area contributed by atoms with Crippen molar-refractivity contribution in [3.8, 4) is 0 Å². The molecular formula is C9H12N2. The summed E-state index contributed by atoms with van der Waals surface area (Å²) in [6.07, 6.45) is 7.46. The minimum atomic E-state index is 1.10. The first-order valence-electron chi connectivity index (χ1n) is 3.55. The van der Waals surface area contributed by atoms with E-state index in [1.165, 1.54) is 0 Å². The second kappa shape index (κ2) is 3.19. The zero-order valence-corrected chi connectivity index (χ0v) is 6.91. The normalized spacial score (nSPS) is 11.6. The van der Waals surface area contributed by atoms with Crippen LogP contribution < -0.4 is 0 Å². The monoisotopic (exact) mass is 148 g/mol. The van der Waals surface area contributed by atoms with Gasteiger partial charge in [-0.1, -0.05) is 18.7 Å². The zero-order chi connectivity index (χ0) is 8.27. The molecule has 0 amide bonds. The summed E-state index contributed by atoms with van der Waals surface area (Å²) in [4.78, 5) is 4.01. The van der Waals surface area contributed by atoms with Gasteiger partial charge in [0.2, 0.25) is 0 Å². The first-order chi connectivity index (χ1) is 5.29.